The highest BCUT2D eigenvalue weighted by Crippen LogP contribution is 2.29. The fraction of sp³-hybridized carbons (Fsp3) is 1.00. The summed E-state index contributed by atoms with van der Waals surface area (Å²) in [6.07, 6.45) is 8.51. The zero-order chi connectivity index (χ0) is 19.3. The third-order valence-corrected chi connectivity index (χ3v) is 7.36. The van der Waals surface area contributed by atoms with Crippen LogP contribution in [0.4, 0.5) is 0 Å². The summed E-state index contributed by atoms with van der Waals surface area (Å²) in [5, 5.41) is 9.86. The molecule has 0 radical (unpaired) electrons. The first-order valence-electron chi connectivity index (χ1n) is 11.5. The standard InChI is InChI=1S/C20H40N6O2/c1-25-11-6-16(7-12-25)26-10-3-4-17(26)20-23-19(24-28-20)15-5-8-21-18(14-15)22-9-13-27-2/h15-24H,3-14H2,1-2H3/p+2. The van der Waals surface area contributed by atoms with E-state index in [1.165, 1.54) is 58.3 Å². The molecule has 0 aromatic carbocycles. The average Bonchev–Trinajstić information content (AvgIpc) is 3.38. The van der Waals surface area contributed by atoms with Gasteiger partial charge < -0.3 is 15.0 Å². The molecule has 0 spiro atoms. The van der Waals surface area contributed by atoms with Gasteiger partial charge in [0.2, 0.25) is 0 Å². The second-order valence-corrected chi connectivity index (χ2v) is 9.30. The van der Waals surface area contributed by atoms with Crippen LogP contribution in [-0.2, 0) is 9.57 Å². The number of hydrogen-bond acceptors (Lipinski definition) is 6. The number of nitrogens with two attached hydrogens (primary N) is 1. The minimum atomic E-state index is 0.130. The quantitative estimate of drug-likeness (QED) is 0.304. The van der Waals surface area contributed by atoms with Crippen molar-refractivity contribution < 1.29 is 19.8 Å². The van der Waals surface area contributed by atoms with Crippen molar-refractivity contribution in [3.63, 3.8) is 0 Å². The number of rotatable bonds is 7. The summed E-state index contributed by atoms with van der Waals surface area (Å²) >= 11 is 0. The van der Waals surface area contributed by atoms with E-state index in [0.29, 0.717) is 18.1 Å². The lowest BCUT2D eigenvalue weighted by atomic mass is 9.92. The fourth-order valence-electron chi connectivity index (χ4n) is 5.70. The van der Waals surface area contributed by atoms with Gasteiger partial charge in [0.1, 0.15) is 12.4 Å². The summed E-state index contributed by atoms with van der Waals surface area (Å²) in [4.78, 5) is 10.6. The maximum Gasteiger partial charge on any atom is 0.146 e. The lowest BCUT2D eigenvalue weighted by Gasteiger charge is -2.38. The highest BCUT2D eigenvalue weighted by molar-refractivity contribution is 4.93. The van der Waals surface area contributed by atoms with Crippen molar-refractivity contribution in [2.75, 3.05) is 53.5 Å². The summed E-state index contributed by atoms with van der Waals surface area (Å²) in [5.41, 5.74) is 3.36. The van der Waals surface area contributed by atoms with E-state index in [-0.39, 0.29) is 12.4 Å². The van der Waals surface area contributed by atoms with Gasteiger partial charge in [0.05, 0.1) is 45.5 Å². The molecular weight excluding hydrogens is 356 g/mol. The highest BCUT2D eigenvalue weighted by atomic mass is 16.7. The number of nitrogens with zero attached hydrogens (tertiary/aromatic N) is 1. The first-order valence-corrected chi connectivity index (χ1v) is 11.5. The van der Waals surface area contributed by atoms with Crippen molar-refractivity contribution in [3.8, 4) is 0 Å². The normalized spacial score (nSPS) is 42.9. The Labute approximate surface area is 170 Å². The van der Waals surface area contributed by atoms with Crippen molar-refractivity contribution in [3.05, 3.63) is 0 Å². The van der Waals surface area contributed by atoms with Crippen molar-refractivity contribution in [1.29, 1.82) is 0 Å². The Hall–Kier alpha value is -0.320. The summed E-state index contributed by atoms with van der Waals surface area (Å²) in [5.74, 6) is 0.608. The van der Waals surface area contributed by atoms with Crippen molar-refractivity contribution in [1.82, 2.24) is 21.0 Å². The van der Waals surface area contributed by atoms with E-state index < -0.39 is 0 Å². The molecule has 4 saturated heterocycles. The number of hydrogen-bond donors (Lipinski definition) is 5. The lowest BCUT2D eigenvalue weighted by molar-refractivity contribution is -0.885. The maximum atomic E-state index is 6.12. The summed E-state index contributed by atoms with van der Waals surface area (Å²) in [6, 6.07) is 1.27. The molecule has 4 heterocycles. The molecule has 5 unspecified atom stereocenters. The van der Waals surface area contributed by atoms with E-state index in [2.05, 4.69) is 33.4 Å². The van der Waals surface area contributed by atoms with Gasteiger partial charge in [-0.1, -0.05) is 0 Å². The van der Waals surface area contributed by atoms with Crippen LogP contribution in [0.1, 0.15) is 38.5 Å². The smallest absolute Gasteiger partial charge is 0.146 e. The Bertz CT molecular complexity index is 476. The fourth-order valence-corrected chi connectivity index (χ4v) is 5.70. The van der Waals surface area contributed by atoms with Gasteiger partial charge in [-0.05, 0) is 19.4 Å². The molecule has 4 fully saturated rings. The summed E-state index contributed by atoms with van der Waals surface area (Å²) in [6.45, 7) is 6.73. The molecule has 4 aliphatic heterocycles. The molecule has 28 heavy (non-hydrogen) atoms. The Balaban J connectivity index is 1.27. The minimum Gasteiger partial charge on any atom is -0.383 e. The number of ether oxygens (including phenoxy) is 1. The van der Waals surface area contributed by atoms with Crippen molar-refractivity contribution >= 4 is 0 Å². The molecule has 6 N–H and O–H groups in total. The molecule has 162 valence electrons. The third kappa shape index (κ3) is 5.05. The Kier molecular flexibility index (Phi) is 7.57. The van der Waals surface area contributed by atoms with Gasteiger partial charge in [-0.15, -0.1) is 0 Å². The van der Waals surface area contributed by atoms with Crippen LogP contribution in [0, 0.1) is 5.92 Å². The molecule has 4 rings (SSSR count). The van der Waals surface area contributed by atoms with E-state index in [9.17, 15) is 0 Å². The van der Waals surface area contributed by atoms with Gasteiger partial charge in [0.15, 0.2) is 0 Å². The van der Waals surface area contributed by atoms with Crippen LogP contribution in [0.3, 0.4) is 0 Å². The van der Waals surface area contributed by atoms with Gasteiger partial charge >= 0.3 is 0 Å². The summed E-state index contributed by atoms with van der Waals surface area (Å²) < 4.78 is 5.17. The molecule has 0 aromatic heterocycles. The molecule has 0 bridgehead atoms. The predicted octanol–water partition coefficient (Wildman–Crippen LogP) is -2.56. The molecule has 5 atom stereocenters. The van der Waals surface area contributed by atoms with E-state index in [0.717, 1.165) is 25.6 Å². The Morgan fingerprint density at radius 2 is 2.11 bits per heavy atom. The van der Waals surface area contributed by atoms with Crippen LogP contribution in [0.15, 0.2) is 0 Å². The van der Waals surface area contributed by atoms with Gasteiger partial charge in [0, 0.05) is 51.3 Å². The molecule has 4 aliphatic rings. The molecule has 0 saturated carbocycles. The first-order chi connectivity index (χ1) is 13.7. The lowest BCUT2D eigenvalue weighted by Crippen LogP contribution is -3.10. The minimum absolute atomic E-state index is 0.130. The largest absolute Gasteiger partial charge is 0.383 e. The number of methoxy groups -OCH3 is 1. The van der Waals surface area contributed by atoms with Crippen LogP contribution in [-0.4, -0.2) is 89.0 Å². The van der Waals surface area contributed by atoms with Crippen molar-refractivity contribution in [2.24, 2.45) is 5.92 Å². The van der Waals surface area contributed by atoms with Crippen LogP contribution in [0.25, 0.3) is 0 Å². The van der Waals surface area contributed by atoms with E-state index in [1.807, 2.05) is 0 Å². The average molecular weight is 399 g/mol. The predicted molar refractivity (Wildman–Crippen MR) is 107 cm³/mol. The Morgan fingerprint density at radius 1 is 1.25 bits per heavy atom. The van der Waals surface area contributed by atoms with E-state index >= 15 is 0 Å². The molecule has 0 aliphatic carbocycles. The van der Waals surface area contributed by atoms with Gasteiger partial charge in [-0.3, -0.25) is 20.4 Å². The maximum absolute atomic E-state index is 6.12. The van der Waals surface area contributed by atoms with E-state index in [4.69, 9.17) is 9.57 Å². The molecule has 0 amide bonds. The van der Waals surface area contributed by atoms with Crippen LogP contribution in [0.2, 0.25) is 0 Å². The molecule has 0 aromatic rings. The highest BCUT2D eigenvalue weighted by Gasteiger charge is 2.43. The second kappa shape index (κ2) is 10.1. The van der Waals surface area contributed by atoms with Crippen molar-refractivity contribution in [2.45, 2.75) is 69.2 Å². The molecule has 8 heteroatoms. The molecular formula is C20H42N6O2+2. The number of quaternary nitrogens is 2. The van der Waals surface area contributed by atoms with Crippen LogP contribution in [0.5, 0.6) is 0 Å². The zero-order valence-corrected chi connectivity index (χ0v) is 17.8. The van der Waals surface area contributed by atoms with Gasteiger partial charge in [-0.2, -0.15) is 5.48 Å². The van der Waals surface area contributed by atoms with E-state index in [1.54, 1.807) is 12.0 Å². The number of nitrogens with one attached hydrogen (secondary N) is 4. The second-order valence-electron chi connectivity index (χ2n) is 9.30. The Morgan fingerprint density at radius 3 is 2.93 bits per heavy atom. The number of piperidine rings is 2. The zero-order valence-electron chi connectivity index (χ0n) is 17.8. The van der Waals surface area contributed by atoms with Gasteiger partial charge in [-0.25, -0.2) is 0 Å². The summed E-state index contributed by atoms with van der Waals surface area (Å²) in [7, 11) is 4.09. The SMILES string of the molecule is COCCNC1CC(C2NOC(C3CCCN3C3CC[NH+](C)CC3)N2)CC[NH2+]1. The monoisotopic (exact) mass is 398 g/mol. The molecule has 8 nitrogen and oxygen atoms in total. The number of likely N-dealkylation sites (tertiary alicyclic amines) is 2. The topological polar surface area (TPSA) is 78.8 Å². The third-order valence-electron chi connectivity index (χ3n) is 7.36. The van der Waals surface area contributed by atoms with Crippen LogP contribution < -0.4 is 26.3 Å². The number of hydroxylamine groups is 1. The van der Waals surface area contributed by atoms with Gasteiger partial charge in [0.25, 0.3) is 0 Å². The first kappa shape index (κ1) is 20.9. The van der Waals surface area contributed by atoms with Crippen LogP contribution >= 0.6 is 0 Å².